The zero-order valence-corrected chi connectivity index (χ0v) is 17.7. The lowest BCUT2D eigenvalue weighted by Crippen LogP contribution is -2.36. The summed E-state index contributed by atoms with van der Waals surface area (Å²) < 4.78 is 39.2. The Balaban J connectivity index is 1.98. The summed E-state index contributed by atoms with van der Waals surface area (Å²) in [6.07, 6.45) is -4.62. The molecule has 0 radical (unpaired) electrons. The van der Waals surface area contributed by atoms with Crippen LogP contribution >= 0.6 is 23.2 Å². The van der Waals surface area contributed by atoms with E-state index in [1.54, 1.807) is 30.3 Å². The lowest BCUT2D eigenvalue weighted by molar-refractivity contribution is -0.141. The number of H-pyrrole nitrogens is 1. The molecule has 11 heteroatoms. The van der Waals surface area contributed by atoms with E-state index >= 15 is 0 Å². The first-order valence-electron chi connectivity index (χ1n) is 8.85. The van der Waals surface area contributed by atoms with E-state index in [-0.39, 0.29) is 22.9 Å². The van der Waals surface area contributed by atoms with Crippen LogP contribution in [-0.4, -0.2) is 22.1 Å². The monoisotopic (exact) mass is 469 g/mol. The molecular weight excluding hydrogens is 454 g/mol. The Morgan fingerprint density at radius 3 is 2.48 bits per heavy atom. The van der Waals surface area contributed by atoms with Crippen molar-refractivity contribution >= 4 is 46.6 Å². The molecular formula is C20H16Cl2F3N5O. The van der Waals surface area contributed by atoms with Crippen LogP contribution in [0.3, 0.4) is 0 Å². The molecule has 6 nitrogen and oxygen atoms in total. The van der Waals surface area contributed by atoms with Crippen molar-refractivity contribution in [3.05, 3.63) is 74.9 Å². The quantitative estimate of drug-likeness (QED) is 0.330. The third-order valence-corrected chi connectivity index (χ3v) is 4.73. The van der Waals surface area contributed by atoms with E-state index in [1.165, 1.54) is 19.1 Å². The summed E-state index contributed by atoms with van der Waals surface area (Å²) in [5.41, 5.74) is 0.266. The number of aliphatic imine (C=N–C) groups is 1. The molecule has 0 spiro atoms. The first-order valence-corrected chi connectivity index (χ1v) is 9.61. The summed E-state index contributed by atoms with van der Waals surface area (Å²) in [5, 5.41) is 11.6. The van der Waals surface area contributed by atoms with E-state index in [0.717, 1.165) is 5.56 Å². The highest BCUT2D eigenvalue weighted by molar-refractivity contribution is 6.34. The van der Waals surface area contributed by atoms with E-state index in [4.69, 9.17) is 23.2 Å². The molecule has 0 saturated carbocycles. The number of anilines is 1. The number of hydrogen-bond acceptors (Lipinski definition) is 3. The number of guanidine groups is 1. The van der Waals surface area contributed by atoms with Crippen molar-refractivity contribution in [1.82, 2.24) is 15.5 Å². The molecule has 162 valence electrons. The van der Waals surface area contributed by atoms with Gasteiger partial charge in [0.05, 0.1) is 10.7 Å². The molecule has 1 heterocycles. The number of nitrogens with one attached hydrogen (secondary N) is 3. The molecule has 0 bridgehead atoms. The minimum atomic E-state index is -4.62. The summed E-state index contributed by atoms with van der Waals surface area (Å²) in [4.78, 5) is 16.7. The number of hydrogen-bond donors (Lipinski definition) is 3. The van der Waals surface area contributed by atoms with E-state index in [9.17, 15) is 18.0 Å². The molecule has 0 fully saturated rings. The van der Waals surface area contributed by atoms with Crippen LogP contribution in [0.4, 0.5) is 24.7 Å². The van der Waals surface area contributed by atoms with Gasteiger partial charge in [-0.05, 0) is 49.7 Å². The zero-order chi connectivity index (χ0) is 22.8. The highest BCUT2D eigenvalue weighted by atomic mass is 35.5. The summed E-state index contributed by atoms with van der Waals surface area (Å²) in [5.74, 6) is -0.996. The van der Waals surface area contributed by atoms with Crippen LogP contribution in [0.15, 0.2) is 47.5 Å². The maximum absolute atomic E-state index is 13.1. The number of nitrogens with zero attached hydrogens (tertiary/aromatic N) is 2. The van der Waals surface area contributed by atoms with E-state index in [1.807, 2.05) is 12.0 Å². The summed E-state index contributed by atoms with van der Waals surface area (Å²) >= 11 is 12.2. The number of alkyl halides is 3. The first kappa shape index (κ1) is 22.6. The van der Waals surface area contributed by atoms with Gasteiger partial charge in [0.1, 0.15) is 5.69 Å². The van der Waals surface area contributed by atoms with Crippen LogP contribution in [0.2, 0.25) is 10.0 Å². The fourth-order valence-electron chi connectivity index (χ4n) is 2.62. The molecule has 3 rings (SSSR count). The fourth-order valence-corrected chi connectivity index (χ4v) is 3.10. The maximum atomic E-state index is 13.1. The number of carbonyl (C=O) groups excluding carboxylic acids is 1. The molecule has 0 aliphatic heterocycles. The maximum Gasteiger partial charge on any atom is 0.433 e. The topological polar surface area (TPSA) is 82.2 Å². The van der Waals surface area contributed by atoms with Crippen molar-refractivity contribution in [3.63, 3.8) is 0 Å². The van der Waals surface area contributed by atoms with Crippen molar-refractivity contribution < 1.29 is 18.0 Å². The van der Waals surface area contributed by atoms with Gasteiger partial charge in [-0.25, -0.2) is 0 Å². The van der Waals surface area contributed by atoms with Gasteiger partial charge in [0.15, 0.2) is 5.82 Å². The van der Waals surface area contributed by atoms with Gasteiger partial charge in [0, 0.05) is 16.1 Å². The van der Waals surface area contributed by atoms with Gasteiger partial charge in [0.2, 0.25) is 5.96 Å². The number of halogens is 5. The smallest absolute Gasteiger partial charge is 0.324 e. The van der Waals surface area contributed by atoms with Crippen LogP contribution in [0.1, 0.15) is 27.2 Å². The molecule has 0 aliphatic rings. The molecule has 3 N–H and O–H groups in total. The van der Waals surface area contributed by atoms with Crippen molar-refractivity contribution in [1.29, 1.82) is 0 Å². The summed E-state index contributed by atoms with van der Waals surface area (Å²) in [7, 11) is 0. The second-order valence-corrected chi connectivity index (χ2v) is 7.42. The third-order valence-electron chi connectivity index (χ3n) is 4.18. The van der Waals surface area contributed by atoms with Crippen LogP contribution < -0.4 is 10.6 Å². The third kappa shape index (κ3) is 5.56. The number of aromatic amines is 1. The molecule has 0 aliphatic carbocycles. The van der Waals surface area contributed by atoms with Gasteiger partial charge in [-0.15, -0.1) is 0 Å². The number of benzene rings is 2. The second kappa shape index (κ2) is 8.99. The molecule has 3 aromatic rings. The SMILES string of the molecule is Cc1ccc(NC(=Nc2n[nH]c(C(F)(F)F)c2C)NC(=O)c2cccc(Cl)c2)c(Cl)c1. The fraction of sp³-hybridized carbons (Fsp3) is 0.150. The van der Waals surface area contributed by atoms with Crippen LogP contribution in [0, 0.1) is 13.8 Å². The van der Waals surface area contributed by atoms with Gasteiger partial charge < -0.3 is 5.32 Å². The predicted molar refractivity (Wildman–Crippen MR) is 114 cm³/mol. The molecule has 0 saturated heterocycles. The predicted octanol–water partition coefficient (Wildman–Crippen LogP) is 5.88. The van der Waals surface area contributed by atoms with Gasteiger partial charge in [-0.2, -0.15) is 23.3 Å². The van der Waals surface area contributed by atoms with Crippen LogP contribution in [0.25, 0.3) is 0 Å². The highest BCUT2D eigenvalue weighted by Gasteiger charge is 2.36. The average molecular weight is 470 g/mol. The number of carbonyl (C=O) groups is 1. The average Bonchev–Trinajstić information content (AvgIpc) is 3.04. The molecule has 31 heavy (non-hydrogen) atoms. The second-order valence-electron chi connectivity index (χ2n) is 6.58. The van der Waals surface area contributed by atoms with Crippen molar-refractivity contribution in [3.8, 4) is 0 Å². The molecule has 2 aromatic carbocycles. The summed E-state index contributed by atoms with van der Waals surface area (Å²) in [6.45, 7) is 3.07. The number of aryl methyl sites for hydroxylation is 1. The molecule has 0 atom stereocenters. The largest absolute Gasteiger partial charge is 0.433 e. The molecule has 1 amide bonds. The Morgan fingerprint density at radius 1 is 1.13 bits per heavy atom. The van der Waals surface area contributed by atoms with Gasteiger partial charge in [-0.3, -0.25) is 15.2 Å². The Hall–Kier alpha value is -3.04. The lowest BCUT2D eigenvalue weighted by Gasteiger charge is -2.13. The van der Waals surface area contributed by atoms with E-state index in [0.29, 0.717) is 15.7 Å². The first-order chi connectivity index (χ1) is 14.5. The Labute approximate surface area is 185 Å². The Bertz CT molecular complexity index is 1160. The zero-order valence-electron chi connectivity index (χ0n) is 16.2. The standard InChI is InChI=1S/C20H16Cl2F3N5O/c1-10-6-7-15(14(22)8-10)26-19(28-18(31)12-4-3-5-13(21)9-12)27-17-11(2)16(29-30-17)20(23,24)25/h3-9H,1-2H3,(H3,26,27,28,29,30,31). The number of rotatable bonds is 3. The van der Waals surface area contributed by atoms with Crippen LogP contribution in [0.5, 0.6) is 0 Å². The molecule has 0 unspecified atom stereocenters. The summed E-state index contributed by atoms with van der Waals surface area (Å²) in [6, 6.07) is 11.3. The minimum absolute atomic E-state index is 0.168. The lowest BCUT2D eigenvalue weighted by atomic mass is 10.2. The Morgan fingerprint density at radius 2 is 1.87 bits per heavy atom. The highest BCUT2D eigenvalue weighted by Crippen LogP contribution is 2.33. The number of aromatic nitrogens is 2. The molecule has 1 aromatic heterocycles. The van der Waals surface area contributed by atoms with E-state index in [2.05, 4.69) is 20.7 Å². The van der Waals surface area contributed by atoms with E-state index < -0.39 is 17.8 Å². The normalized spacial score (nSPS) is 12.0. The van der Waals surface area contributed by atoms with Gasteiger partial charge in [0.25, 0.3) is 5.91 Å². The number of amides is 1. The van der Waals surface area contributed by atoms with Crippen LogP contribution in [-0.2, 0) is 6.18 Å². The minimum Gasteiger partial charge on any atom is -0.324 e. The van der Waals surface area contributed by atoms with Gasteiger partial charge in [-0.1, -0.05) is 35.3 Å². The van der Waals surface area contributed by atoms with Crippen molar-refractivity contribution in [2.45, 2.75) is 20.0 Å². The van der Waals surface area contributed by atoms with Gasteiger partial charge >= 0.3 is 6.18 Å². The van der Waals surface area contributed by atoms with Crippen molar-refractivity contribution in [2.24, 2.45) is 4.99 Å². The van der Waals surface area contributed by atoms with Crippen molar-refractivity contribution in [2.75, 3.05) is 5.32 Å². The Kier molecular flexibility index (Phi) is 6.56.